The molecule has 7 nitrogen and oxygen atoms in total. The minimum absolute atomic E-state index is 0.0485. The van der Waals surface area contributed by atoms with Crippen molar-refractivity contribution in [1.29, 1.82) is 0 Å². The molecule has 172 valence electrons. The van der Waals surface area contributed by atoms with Gasteiger partial charge in [0.05, 0.1) is 23.6 Å². The van der Waals surface area contributed by atoms with Gasteiger partial charge in [-0.3, -0.25) is 14.7 Å². The number of carbonyl (C=O) groups excluding carboxylic acids is 2. The first-order valence-electron chi connectivity index (χ1n) is 10.6. The Balaban J connectivity index is 2.28. The molecule has 1 aromatic heterocycles. The fourth-order valence-electron chi connectivity index (χ4n) is 4.06. The third-order valence-electron chi connectivity index (χ3n) is 5.58. The van der Waals surface area contributed by atoms with Crippen LogP contribution in [0, 0.1) is 19.7 Å². The average molecular weight is 443 g/mol. The SMILES string of the molecule is COCC1=C(C(=O)NC(C)C)c2c(n[nH]c2C)C(C)(C)CN1C(=O)c1ccc(F)c(C)c1. The molecule has 8 heteroatoms. The summed E-state index contributed by atoms with van der Waals surface area (Å²) in [5.74, 6) is -1.00. The highest BCUT2D eigenvalue weighted by Crippen LogP contribution is 2.39. The second-order valence-corrected chi connectivity index (χ2v) is 9.19. The van der Waals surface area contributed by atoms with Crippen molar-refractivity contribution in [3.63, 3.8) is 0 Å². The lowest BCUT2D eigenvalue weighted by Crippen LogP contribution is -2.41. The van der Waals surface area contributed by atoms with Gasteiger partial charge in [0.1, 0.15) is 5.82 Å². The minimum Gasteiger partial charge on any atom is -0.378 e. The molecule has 3 rings (SSSR count). The Bertz CT molecular complexity index is 1080. The number of aryl methyl sites for hydroxylation is 2. The minimum atomic E-state index is -0.566. The number of hydrogen-bond acceptors (Lipinski definition) is 4. The summed E-state index contributed by atoms with van der Waals surface area (Å²) in [5, 5.41) is 10.5. The first kappa shape index (κ1) is 23.7. The van der Waals surface area contributed by atoms with Crippen LogP contribution in [0.25, 0.3) is 5.57 Å². The van der Waals surface area contributed by atoms with Crippen molar-refractivity contribution in [2.45, 2.75) is 53.0 Å². The fourth-order valence-corrected chi connectivity index (χ4v) is 4.06. The first-order chi connectivity index (χ1) is 15.0. The maximum atomic E-state index is 13.8. The number of amides is 2. The highest BCUT2D eigenvalue weighted by atomic mass is 19.1. The predicted octanol–water partition coefficient (Wildman–Crippen LogP) is 3.48. The summed E-state index contributed by atoms with van der Waals surface area (Å²) < 4.78 is 19.3. The number of benzene rings is 1. The lowest BCUT2D eigenvalue weighted by Gasteiger charge is -2.31. The van der Waals surface area contributed by atoms with E-state index in [1.54, 1.807) is 11.8 Å². The molecule has 1 aliphatic rings. The number of H-pyrrole nitrogens is 1. The van der Waals surface area contributed by atoms with Gasteiger partial charge in [-0.15, -0.1) is 0 Å². The monoisotopic (exact) mass is 442 g/mol. The third kappa shape index (κ3) is 4.32. The summed E-state index contributed by atoms with van der Waals surface area (Å²) in [7, 11) is 1.52. The Morgan fingerprint density at radius 1 is 1.31 bits per heavy atom. The number of aromatic nitrogens is 2. The molecule has 1 aromatic carbocycles. The van der Waals surface area contributed by atoms with Crippen molar-refractivity contribution in [2.24, 2.45) is 0 Å². The van der Waals surface area contributed by atoms with Crippen molar-refractivity contribution in [3.05, 3.63) is 57.8 Å². The molecular weight excluding hydrogens is 411 g/mol. The van der Waals surface area contributed by atoms with E-state index < -0.39 is 5.41 Å². The van der Waals surface area contributed by atoms with Crippen molar-refractivity contribution in [3.8, 4) is 0 Å². The maximum Gasteiger partial charge on any atom is 0.258 e. The molecular formula is C24H31FN4O3. The van der Waals surface area contributed by atoms with Gasteiger partial charge < -0.3 is 15.0 Å². The van der Waals surface area contributed by atoms with Gasteiger partial charge in [-0.2, -0.15) is 5.10 Å². The number of ether oxygens (including phenoxy) is 1. The van der Waals surface area contributed by atoms with E-state index in [4.69, 9.17) is 4.74 Å². The van der Waals surface area contributed by atoms with E-state index in [0.717, 1.165) is 5.69 Å². The van der Waals surface area contributed by atoms with Crippen LogP contribution < -0.4 is 5.32 Å². The number of aromatic amines is 1. The van der Waals surface area contributed by atoms with Crippen LogP contribution in [0.5, 0.6) is 0 Å². The first-order valence-corrected chi connectivity index (χ1v) is 10.6. The van der Waals surface area contributed by atoms with E-state index in [9.17, 15) is 14.0 Å². The van der Waals surface area contributed by atoms with Crippen LogP contribution in [0.15, 0.2) is 23.9 Å². The van der Waals surface area contributed by atoms with Gasteiger partial charge in [0.25, 0.3) is 11.8 Å². The summed E-state index contributed by atoms with van der Waals surface area (Å²) in [6, 6.07) is 4.17. The standard InChI is InChI=1S/C24H31FN4O3/c1-13(2)26-22(30)20-18(11-32-7)29(23(31)16-8-9-17(25)14(3)10-16)12-24(5,6)21-19(20)15(4)27-28-21/h8-10,13H,11-12H2,1-7H3,(H,26,30)(H,27,28). The molecule has 0 saturated heterocycles. The summed E-state index contributed by atoms with van der Waals surface area (Å²) in [6.07, 6.45) is 0. The molecule has 0 radical (unpaired) electrons. The van der Waals surface area contributed by atoms with E-state index in [1.165, 1.54) is 25.3 Å². The Labute approximate surface area is 188 Å². The van der Waals surface area contributed by atoms with Gasteiger partial charge in [-0.05, 0) is 51.5 Å². The molecule has 0 fully saturated rings. The number of halogens is 1. The Morgan fingerprint density at radius 2 is 2.00 bits per heavy atom. The zero-order valence-corrected chi connectivity index (χ0v) is 19.7. The normalized spacial score (nSPS) is 15.6. The van der Waals surface area contributed by atoms with Gasteiger partial charge in [-0.1, -0.05) is 13.8 Å². The quantitative estimate of drug-likeness (QED) is 0.742. The van der Waals surface area contributed by atoms with E-state index in [-0.39, 0.29) is 36.8 Å². The Hall–Kier alpha value is -3.00. The van der Waals surface area contributed by atoms with Crippen LogP contribution in [0.2, 0.25) is 0 Å². The fraction of sp³-hybridized carbons (Fsp3) is 0.458. The number of nitrogens with one attached hydrogen (secondary N) is 2. The molecule has 0 bridgehead atoms. The molecule has 0 unspecified atom stereocenters. The Kier molecular flexibility index (Phi) is 6.55. The Morgan fingerprint density at radius 3 is 2.59 bits per heavy atom. The van der Waals surface area contributed by atoms with E-state index in [0.29, 0.717) is 33.7 Å². The topological polar surface area (TPSA) is 87.3 Å². The summed E-state index contributed by atoms with van der Waals surface area (Å²) >= 11 is 0. The summed E-state index contributed by atoms with van der Waals surface area (Å²) in [4.78, 5) is 28.7. The maximum absolute atomic E-state index is 13.8. The van der Waals surface area contributed by atoms with Crippen LogP contribution in [0.1, 0.15) is 60.6 Å². The third-order valence-corrected chi connectivity index (χ3v) is 5.58. The van der Waals surface area contributed by atoms with Crippen LogP contribution >= 0.6 is 0 Å². The second-order valence-electron chi connectivity index (χ2n) is 9.19. The van der Waals surface area contributed by atoms with Crippen LogP contribution in [0.4, 0.5) is 4.39 Å². The predicted molar refractivity (Wildman–Crippen MR) is 121 cm³/mol. The molecule has 32 heavy (non-hydrogen) atoms. The zero-order chi connectivity index (χ0) is 23.8. The largest absolute Gasteiger partial charge is 0.378 e. The van der Waals surface area contributed by atoms with Gasteiger partial charge in [0.2, 0.25) is 0 Å². The van der Waals surface area contributed by atoms with Gasteiger partial charge in [0, 0.05) is 41.9 Å². The molecule has 2 heterocycles. The number of rotatable bonds is 5. The number of hydrogen-bond donors (Lipinski definition) is 2. The second kappa shape index (κ2) is 8.86. The zero-order valence-electron chi connectivity index (χ0n) is 19.7. The van der Waals surface area contributed by atoms with E-state index in [1.807, 2.05) is 34.6 Å². The van der Waals surface area contributed by atoms with Crippen LogP contribution in [0.3, 0.4) is 0 Å². The van der Waals surface area contributed by atoms with E-state index >= 15 is 0 Å². The number of nitrogens with zero attached hydrogens (tertiary/aromatic N) is 2. The number of fused-ring (bicyclic) bond motifs is 1. The van der Waals surface area contributed by atoms with Gasteiger partial charge >= 0.3 is 0 Å². The lowest BCUT2D eigenvalue weighted by molar-refractivity contribution is -0.116. The van der Waals surface area contributed by atoms with Gasteiger partial charge in [-0.25, -0.2) is 4.39 Å². The van der Waals surface area contributed by atoms with Crippen molar-refractivity contribution < 1.29 is 18.7 Å². The van der Waals surface area contributed by atoms with E-state index in [2.05, 4.69) is 15.5 Å². The molecule has 2 aromatic rings. The average Bonchev–Trinajstić information content (AvgIpc) is 3.04. The lowest BCUT2D eigenvalue weighted by atomic mass is 9.85. The molecule has 0 saturated carbocycles. The smallest absolute Gasteiger partial charge is 0.258 e. The number of methoxy groups -OCH3 is 1. The number of carbonyl (C=O) groups is 2. The van der Waals surface area contributed by atoms with Gasteiger partial charge in [0.15, 0.2) is 0 Å². The molecule has 0 atom stereocenters. The van der Waals surface area contributed by atoms with Crippen molar-refractivity contribution >= 4 is 17.4 Å². The highest BCUT2D eigenvalue weighted by Gasteiger charge is 2.41. The van der Waals surface area contributed by atoms with Crippen LogP contribution in [-0.4, -0.2) is 53.2 Å². The molecule has 0 spiro atoms. The van der Waals surface area contributed by atoms with Crippen LogP contribution in [-0.2, 0) is 14.9 Å². The molecule has 0 aliphatic carbocycles. The molecule has 1 aliphatic heterocycles. The highest BCUT2D eigenvalue weighted by molar-refractivity contribution is 6.22. The summed E-state index contributed by atoms with van der Waals surface area (Å²) in [6.45, 7) is 11.5. The van der Waals surface area contributed by atoms with Crippen molar-refractivity contribution in [1.82, 2.24) is 20.4 Å². The molecule has 2 N–H and O–H groups in total. The summed E-state index contributed by atoms with van der Waals surface area (Å²) in [5.41, 5.74) is 3.10. The molecule has 2 amide bonds. The van der Waals surface area contributed by atoms with Crippen molar-refractivity contribution in [2.75, 3.05) is 20.3 Å².